The third-order valence-electron chi connectivity index (χ3n) is 4.37. The number of amides is 1. The summed E-state index contributed by atoms with van der Waals surface area (Å²) in [7, 11) is 0. The van der Waals surface area contributed by atoms with E-state index in [1.165, 1.54) is 0 Å². The first-order valence-corrected chi connectivity index (χ1v) is 7.70. The Hall–Kier alpha value is -1.79. The van der Waals surface area contributed by atoms with E-state index in [0.29, 0.717) is 13.0 Å². The van der Waals surface area contributed by atoms with E-state index in [0.717, 1.165) is 43.0 Å². The quantitative estimate of drug-likeness (QED) is 0.828. The monoisotopic (exact) mass is 306 g/mol. The van der Waals surface area contributed by atoms with Crippen LogP contribution in [0.1, 0.15) is 18.4 Å². The summed E-state index contributed by atoms with van der Waals surface area (Å²) in [4.78, 5) is 13.3. The van der Waals surface area contributed by atoms with Crippen LogP contribution in [-0.2, 0) is 11.2 Å². The fourth-order valence-electron chi connectivity index (χ4n) is 3.10. The minimum atomic E-state index is -0.439. The first-order valence-electron chi connectivity index (χ1n) is 7.70. The summed E-state index contributed by atoms with van der Waals surface area (Å²) in [6.07, 6.45) is 1.70. The van der Waals surface area contributed by atoms with Crippen LogP contribution >= 0.6 is 0 Å². The summed E-state index contributed by atoms with van der Waals surface area (Å²) < 4.78 is 10.6. The molecule has 6 heteroatoms. The Labute approximate surface area is 129 Å². The fraction of sp³-hybridized carbons (Fsp3) is 0.562. The van der Waals surface area contributed by atoms with Gasteiger partial charge in [-0.2, -0.15) is 0 Å². The topological polar surface area (TPSA) is 85.0 Å². The molecule has 1 saturated heterocycles. The maximum absolute atomic E-state index is 11.1. The first kappa shape index (κ1) is 15.1. The molecule has 0 radical (unpaired) electrons. The van der Waals surface area contributed by atoms with Gasteiger partial charge in [-0.25, -0.2) is 0 Å². The predicted molar refractivity (Wildman–Crippen MR) is 80.6 cm³/mol. The molecule has 2 aliphatic rings. The van der Waals surface area contributed by atoms with Gasteiger partial charge in [-0.1, -0.05) is 6.07 Å². The molecule has 0 bridgehead atoms. The zero-order valence-corrected chi connectivity index (χ0v) is 12.5. The van der Waals surface area contributed by atoms with Crippen molar-refractivity contribution in [1.82, 2.24) is 4.90 Å². The lowest BCUT2D eigenvalue weighted by molar-refractivity contribution is -0.123. The van der Waals surface area contributed by atoms with Crippen molar-refractivity contribution in [1.29, 1.82) is 0 Å². The van der Waals surface area contributed by atoms with Gasteiger partial charge in [-0.15, -0.1) is 0 Å². The van der Waals surface area contributed by atoms with Crippen molar-refractivity contribution in [2.45, 2.75) is 25.4 Å². The summed E-state index contributed by atoms with van der Waals surface area (Å²) in [5.74, 6) is 1.28. The number of β-amino-alcohol motifs (C(OH)–C–C–N with tert-alkyl or cyclic N) is 1. The predicted octanol–water partition coefficient (Wildman–Crippen LogP) is 0.516. The Morgan fingerprint density at radius 2 is 2.05 bits per heavy atom. The Morgan fingerprint density at radius 3 is 2.77 bits per heavy atom. The number of likely N-dealkylation sites (tertiary alicyclic amines) is 1. The second-order valence-corrected chi connectivity index (χ2v) is 6.02. The Kier molecular flexibility index (Phi) is 4.49. The highest BCUT2D eigenvalue weighted by molar-refractivity contribution is 5.76. The van der Waals surface area contributed by atoms with Crippen molar-refractivity contribution in [2.24, 2.45) is 11.7 Å². The van der Waals surface area contributed by atoms with Crippen molar-refractivity contribution < 1.29 is 19.4 Å². The van der Waals surface area contributed by atoms with E-state index in [4.69, 9.17) is 15.2 Å². The smallest absolute Gasteiger partial charge is 0.231 e. The van der Waals surface area contributed by atoms with Gasteiger partial charge < -0.3 is 25.2 Å². The van der Waals surface area contributed by atoms with Crippen LogP contribution in [0.4, 0.5) is 0 Å². The molecule has 0 saturated carbocycles. The molecule has 2 aliphatic heterocycles. The van der Waals surface area contributed by atoms with Gasteiger partial charge in [0.25, 0.3) is 0 Å². The number of aliphatic hydroxyl groups is 1. The number of ether oxygens (including phenoxy) is 2. The van der Waals surface area contributed by atoms with Crippen LogP contribution in [0.15, 0.2) is 18.2 Å². The Morgan fingerprint density at radius 1 is 1.32 bits per heavy atom. The number of hydrogen-bond donors (Lipinski definition) is 2. The summed E-state index contributed by atoms with van der Waals surface area (Å²) in [6.45, 7) is 2.49. The van der Waals surface area contributed by atoms with Crippen LogP contribution in [0.3, 0.4) is 0 Å². The largest absolute Gasteiger partial charge is 0.454 e. The van der Waals surface area contributed by atoms with Crippen LogP contribution < -0.4 is 15.2 Å². The minimum absolute atomic E-state index is 0.0118. The molecule has 0 spiro atoms. The molecule has 120 valence electrons. The number of piperidine rings is 1. The van der Waals surface area contributed by atoms with Crippen LogP contribution in [-0.4, -0.2) is 48.4 Å². The van der Waals surface area contributed by atoms with Crippen molar-refractivity contribution in [2.75, 3.05) is 26.4 Å². The molecule has 1 atom stereocenters. The van der Waals surface area contributed by atoms with E-state index < -0.39 is 6.10 Å². The lowest BCUT2D eigenvalue weighted by Gasteiger charge is -2.31. The molecule has 6 nitrogen and oxygen atoms in total. The number of fused-ring (bicyclic) bond motifs is 1. The summed E-state index contributed by atoms with van der Waals surface area (Å²) in [5, 5.41) is 10.3. The number of rotatable bonds is 5. The van der Waals surface area contributed by atoms with Crippen LogP contribution in [0.5, 0.6) is 11.5 Å². The van der Waals surface area contributed by atoms with E-state index in [1.54, 1.807) is 0 Å². The lowest BCUT2D eigenvalue weighted by atomic mass is 9.96. The SMILES string of the molecule is NC(=O)C1CCN(C[C@H](O)Cc2ccc3c(c2)OCO3)CC1. The van der Waals surface area contributed by atoms with Crippen molar-refractivity contribution >= 4 is 5.91 Å². The maximum Gasteiger partial charge on any atom is 0.231 e. The number of nitrogens with zero attached hydrogens (tertiary/aromatic N) is 1. The normalized spacial score (nSPS) is 20.0. The molecule has 1 aromatic rings. The standard InChI is InChI=1S/C16H22N2O4/c17-16(20)12-3-5-18(6-4-12)9-13(19)7-11-1-2-14-15(8-11)22-10-21-14/h1-2,8,12-13,19H,3-7,9-10H2,(H2,17,20)/t13-/m1/s1. The van der Waals surface area contributed by atoms with Gasteiger partial charge in [0, 0.05) is 12.5 Å². The molecule has 1 aromatic carbocycles. The Balaban J connectivity index is 1.48. The summed E-state index contributed by atoms with van der Waals surface area (Å²) >= 11 is 0. The first-order chi connectivity index (χ1) is 10.6. The molecule has 0 aliphatic carbocycles. The van der Waals surface area contributed by atoms with E-state index in [1.807, 2.05) is 18.2 Å². The number of hydrogen-bond acceptors (Lipinski definition) is 5. The van der Waals surface area contributed by atoms with Gasteiger partial charge in [0.2, 0.25) is 12.7 Å². The molecule has 0 unspecified atom stereocenters. The molecule has 1 amide bonds. The lowest BCUT2D eigenvalue weighted by Crippen LogP contribution is -2.42. The van der Waals surface area contributed by atoms with E-state index in [9.17, 15) is 9.90 Å². The zero-order valence-electron chi connectivity index (χ0n) is 12.5. The molecule has 3 N–H and O–H groups in total. The van der Waals surface area contributed by atoms with Gasteiger partial charge in [0.05, 0.1) is 6.10 Å². The molecule has 1 fully saturated rings. The second-order valence-electron chi connectivity index (χ2n) is 6.02. The van der Waals surface area contributed by atoms with Gasteiger partial charge in [0.1, 0.15) is 0 Å². The Bertz CT molecular complexity index is 541. The molecule has 0 aromatic heterocycles. The summed E-state index contributed by atoms with van der Waals surface area (Å²) in [5.41, 5.74) is 6.36. The van der Waals surface area contributed by atoms with E-state index >= 15 is 0 Å². The average molecular weight is 306 g/mol. The van der Waals surface area contributed by atoms with Gasteiger partial charge >= 0.3 is 0 Å². The van der Waals surface area contributed by atoms with Crippen molar-refractivity contribution in [3.8, 4) is 11.5 Å². The zero-order chi connectivity index (χ0) is 15.5. The highest BCUT2D eigenvalue weighted by Gasteiger charge is 2.24. The van der Waals surface area contributed by atoms with Crippen LogP contribution in [0, 0.1) is 5.92 Å². The molecule has 22 heavy (non-hydrogen) atoms. The van der Waals surface area contributed by atoms with Gasteiger partial charge in [-0.05, 0) is 50.0 Å². The third kappa shape index (κ3) is 3.51. The van der Waals surface area contributed by atoms with E-state index in [2.05, 4.69) is 4.90 Å². The van der Waals surface area contributed by atoms with Crippen LogP contribution in [0.25, 0.3) is 0 Å². The number of carbonyl (C=O) groups excluding carboxylic acids is 1. The number of carbonyl (C=O) groups is 1. The van der Waals surface area contributed by atoms with Gasteiger partial charge in [-0.3, -0.25) is 4.79 Å². The van der Waals surface area contributed by atoms with Crippen molar-refractivity contribution in [3.05, 3.63) is 23.8 Å². The molecular weight excluding hydrogens is 284 g/mol. The third-order valence-corrected chi connectivity index (χ3v) is 4.37. The number of benzene rings is 1. The van der Waals surface area contributed by atoms with E-state index in [-0.39, 0.29) is 18.6 Å². The average Bonchev–Trinajstić information content (AvgIpc) is 2.95. The number of primary amides is 1. The molecule has 2 heterocycles. The fourth-order valence-corrected chi connectivity index (χ4v) is 3.10. The van der Waals surface area contributed by atoms with Crippen LogP contribution in [0.2, 0.25) is 0 Å². The summed E-state index contributed by atoms with van der Waals surface area (Å²) in [6, 6.07) is 5.75. The highest BCUT2D eigenvalue weighted by Crippen LogP contribution is 2.32. The van der Waals surface area contributed by atoms with Crippen molar-refractivity contribution in [3.63, 3.8) is 0 Å². The highest BCUT2D eigenvalue weighted by atomic mass is 16.7. The second kappa shape index (κ2) is 6.54. The maximum atomic E-state index is 11.1. The number of nitrogens with two attached hydrogens (primary N) is 1. The molecule has 3 rings (SSSR count). The van der Waals surface area contributed by atoms with Gasteiger partial charge in [0.15, 0.2) is 11.5 Å². The molecular formula is C16H22N2O4. The number of aliphatic hydroxyl groups excluding tert-OH is 1. The minimum Gasteiger partial charge on any atom is -0.454 e.